The molecule has 2 saturated heterocycles. The van der Waals surface area contributed by atoms with Crippen molar-refractivity contribution in [1.82, 2.24) is 19.8 Å². The molecule has 4 heterocycles. The van der Waals surface area contributed by atoms with E-state index < -0.39 is 0 Å². The second-order valence-corrected chi connectivity index (χ2v) is 8.62. The van der Waals surface area contributed by atoms with Gasteiger partial charge in [-0.25, -0.2) is 4.98 Å². The van der Waals surface area contributed by atoms with Crippen LogP contribution < -0.4 is 0 Å². The van der Waals surface area contributed by atoms with Crippen molar-refractivity contribution < 1.29 is 9.53 Å². The average molecular weight is 387 g/mol. The number of carbonyl (C=O) groups is 1. The van der Waals surface area contributed by atoms with Crippen molar-refractivity contribution in [2.75, 3.05) is 32.8 Å². The van der Waals surface area contributed by atoms with Crippen LogP contribution in [0.3, 0.4) is 0 Å². The Kier molecular flexibility index (Phi) is 5.52. The number of hydrogen-bond acceptors (Lipinski definition) is 6. The topological polar surface area (TPSA) is 58.6 Å². The maximum atomic E-state index is 13.1. The fraction of sp³-hybridized carbons (Fsp3) is 0.550. The van der Waals surface area contributed by atoms with Gasteiger partial charge in [0.15, 0.2) is 0 Å². The fourth-order valence-electron chi connectivity index (χ4n) is 4.15. The van der Waals surface area contributed by atoms with Gasteiger partial charge >= 0.3 is 0 Å². The van der Waals surface area contributed by atoms with E-state index in [1.807, 2.05) is 31.0 Å². The average Bonchev–Trinajstić information content (AvgIpc) is 2.90. The number of nitrogens with zero attached hydrogens (tertiary/aromatic N) is 4. The molecule has 144 valence electrons. The van der Waals surface area contributed by atoms with Crippen molar-refractivity contribution in [2.24, 2.45) is 5.92 Å². The number of pyridine rings is 1. The Bertz CT molecular complexity index is 795. The van der Waals surface area contributed by atoms with E-state index in [2.05, 4.69) is 20.9 Å². The van der Waals surface area contributed by atoms with Crippen LogP contribution in [0.4, 0.5) is 0 Å². The lowest BCUT2D eigenvalue weighted by atomic mass is 9.90. The van der Waals surface area contributed by atoms with Gasteiger partial charge in [-0.2, -0.15) is 0 Å². The van der Waals surface area contributed by atoms with E-state index in [0.29, 0.717) is 12.0 Å². The van der Waals surface area contributed by atoms with Crippen LogP contribution in [0.15, 0.2) is 24.5 Å². The van der Waals surface area contributed by atoms with Gasteiger partial charge in [-0.05, 0) is 31.9 Å². The fourth-order valence-corrected chi connectivity index (χ4v) is 5.04. The maximum Gasteiger partial charge on any atom is 0.265 e. The first-order valence-corrected chi connectivity index (χ1v) is 10.4. The summed E-state index contributed by atoms with van der Waals surface area (Å²) in [4.78, 5) is 27.0. The molecule has 0 unspecified atom stereocenters. The minimum absolute atomic E-state index is 0.128. The summed E-state index contributed by atoms with van der Waals surface area (Å²) in [6.45, 7) is 8.69. The Labute approximate surface area is 164 Å². The summed E-state index contributed by atoms with van der Waals surface area (Å²) >= 11 is 1.50. The van der Waals surface area contributed by atoms with Crippen molar-refractivity contribution in [2.45, 2.75) is 32.9 Å². The lowest BCUT2D eigenvalue weighted by molar-refractivity contribution is 0.0373. The Morgan fingerprint density at radius 1 is 1.37 bits per heavy atom. The summed E-state index contributed by atoms with van der Waals surface area (Å²) in [5, 5.41) is 0.951. The largest absolute Gasteiger partial charge is 0.380 e. The number of carbonyl (C=O) groups excluding carboxylic acids is 1. The molecule has 0 bridgehead atoms. The molecule has 2 aliphatic heterocycles. The van der Waals surface area contributed by atoms with Crippen molar-refractivity contribution >= 4 is 17.2 Å². The second-order valence-electron chi connectivity index (χ2n) is 7.42. The summed E-state index contributed by atoms with van der Waals surface area (Å²) in [5.41, 5.74) is 2.05. The third-order valence-corrected chi connectivity index (χ3v) is 6.60. The minimum atomic E-state index is 0.128. The van der Waals surface area contributed by atoms with Gasteiger partial charge in [-0.3, -0.25) is 14.7 Å². The Balaban J connectivity index is 1.52. The van der Waals surface area contributed by atoms with Gasteiger partial charge in [-0.15, -0.1) is 11.3 Å². The van der Waals surface area contributed by atoms with E-state index in [0.717, 1.165) is 61.4 Å². The molecule has 2 aromatic rings. The highest BCUT2D eigenvalue weighted by Gasteiger charge is 2.37. The molecular weight excluding hydrogens is 360 g/mol. The predicted molar refractivity (Wildman–Crippen MR) is 105 cm³/mol. The number of hydrogen-bond donors (Lipinski definition) is 0. The zero-order valence-electron chi connectivity index (χ0n) is 15.9. The molecule has 27 heavy (non-hydrogen) atoms. The molecule has 2 fully saturated rings. The molecule has 0 saturated carbocycles. The van der Waals surface area contributed by atoms with Crippen LogP contribution in [0.2, 0.25) is 0 Å². The zero-order chi connectivity index (χ0) is 18.8. The number of amides is 1. The van der Waals surface area contributed by atoms with E-state index >= 15 is 0 Å². The van der Waals surface area contributed by atoms with Gasteiger partial charge < -0.3 is 9.64 Å². The molecule has 0 aliphatic carbocycles. The zero-order valence-corrected chi connectivity index (χ0v) is 16.7. The summed E-state index contributed by atoms with van der Waals surface area (Å²) in [6, 6.07) is 4.41. The van der Waals surface area contributed by atoms with Crippen LogP contribution >= 0.6 is 11.3 Å². The van der Waals surface area contributed by atoms with E-state index in [1.54, 1.807) is 6.20 Å². The molecule has 0 radical (unpaired) electrons. The van der Waals surface area contributed by atoms with Gasteiger partial charge in [-0.1, -0.05) is 6.07 Å². The number of aromatic nitrogens is 2. The van der Waals surface area contributed by atoms with E-state index in [4.69, 9.17) is 4.74 Å². The highest BCUT2D eigenvalue weighted by molar-refractivity contribution is 7.13. The number of fused-ring (bicyclic) bond motifs is 1. The lowest BCUT2D eigenvalue weighted by Crippen LogP contribution is -2.54. The van der Waals surface area contributed by atoms with Crippen LogP contribution in [-0.2, 0) is 11.3 Å². The SMILES string of the molecule is Cc1nc(C)c(C(=O)N2CC[C@@H]3COCCN(Cc4cccnc4)[C@@H]3C2)s1. The maximum absolute atomic E-state index is 13.1. The standard InChI is InChI=1S/C20H26N4O2S/c1-14-19(27-15(2)22-14)20(25)24-7-5-17-13-26-9-8-23(18(17)12-24)11-16-4-3-6-21-10-16/h3-4,6,10,17-18H,5,7-9,11-13H2,1-2H3/t17-,18-/m1/s1. The molecule has 7 heteroatoms. The summed E-state index contributed by atoms with van der Waals surface area (Å²) < 4.78 is 5.87. The van der Waals surface area contributed by atoms with Crippen molar-refractivity contribution in [3.05, 3.63) is 45.7 Å². The number of thiazole rings is 1. The monoisotopic (exact) mass is 386 g/mol. The summed E-state index contributed by atoms with van der Waals surface area (Å²) in [7, 11) is 0. The first-order valence-electron chi connectivity index (χ1n) is 9.56. The smallest absolute Gasteiger partial charge is 0.265 e. The normalized spacial score (nSPS) is 23.7. The van der Waals surface area contributed by atoms with Gasteiger partial charge in [0, 0.05) is 50.5 Å². The molecule has 2 aromatic heterocycles. The first kappa shape index (κ1) is 18.5. The predicted octanol–water partition coefficient (Wildman–Crippen LogP) is 2.52. The third kappa shape index (κ3) is 4.05. The van der Waals surface area contributed by atoms with Crippen LogP contribution in [0.1, 0.15) is 32.4 Å². The lowest BCUT2D eigenvalue weighted by Gasteiger charge is -2.42. The highest BCUT2D eigenvalue weighted by Crippen LogP contribution is 2.28. The second kappa shape index (κ2) is 8.04. The first-order chi connectivity index (χ1) is 13.1. The minimum Gasteiger partial charge on any atom is -0.380 e. The molecule has 0 N–H and O–H groups in total. The van der Waals surface area contributed by atoms with Gasteiger partial charge in [0.25, 0.3) is 5.91 Å². The van der Waals surface area contributed by atoms with E-state index in [-0.39, 0.29) is 5.91 Å². The van der Waals surface area contributed by atoms with Crippen molar-refractivity contribution in [3.8, 4) is 0 Å². The number of ether oxygens (including phenoxy) is 1. The molecule has 0 aromatic carbocycles. The van der Waals surface area contributed by atoms with Gasteiger partial charge in [0.2, 0.25) is 0 Å². The van der Waals surface area contributed by atoms with E-state index in [1.165, 1.54) is 16.9 Å². The number of rotatable bonds is 3. The molecule has 2 atom stereocenters. The van der Waals surface area contributed by atoms with Crippen molar-refractivity contribution in [3.63, 3.8) is 0 Å². The van der Waals surface area contributed by atoms with E-state index in [9.17, 15) is 4.79 Å². The number of likely N-dealkylation sites (tertiary alicyclic amines) is 1. The van der Waals surface area contributed by atoms with Gasteiger partial charge in [0.05, 0.1) is 23.9 Å². The van der Waals surface area contributed by atoms with Gasteiger partial charge in [0.1, 0.15) is 4.88 Å². The summed E-state index contributed by atoms with van der Waals surface area (Å²) in [6.07, 6.45) is 4.71. The molecule has 4 rings (SSSR count). The molecule has 1 amide bonds. The Morgan fingerprint density at radius 3 is 3.00 bits per heavy atom. The van der Waals surface area contributed by atoms with Crippen LogP contribution in [0.25, 0.3) is 0 Å². The highest BCUT2D eigenvalue weighted by atomic mass is 32.1. The van der Waals surface area contributed by atoms with Crippen molar-refractivity contribution in [1.29, 1.82) is 0 Å². The summed E-state index contributed by atoms with van der Waals surface area (Å²) in [5.74, 6) is 0.598. The number of piperidine rings is 1. The molecule has 0 spiro atoms. The quantitative estimate of drug-likeness (QED) is 0.811. The van der Waals surface area contributed by atoms with Crippen LogP contribution in [0.5, 0.6) is 0 Å². The molecule has 6 nitrogen and oxygen atoms in total. The Morgan fingerprint density at radius 2 is 2.26 bits per heavy atom. The number of aryl methyl sites for hydroxylation is 2. The molecular formula is C20H26N4O2S. The van der Waals surface area contributed by atoms with Crippen LogP contribution in [0, 0.1) is 19.8 Å². The third-order valence-electron chi connectivity index (χ3n) is 5.54. The van der Waals surface area contributed by atoms with Crippen LogP contribution in [-0.4, -0.2) is 64.6 Å². The molecule has 2 aliphatic rings. The Hall–Kier alpha value is -1.83.